The van der Waals surface area contributed by atoms with Gasteiger partial charge in [0, 0.05) is 16.8 Å². The Kier molecular flexibility index (Phi) is 4.93. The molecule has 2 aromatic carbocycles. The molecule has 2 heteroatoms. The summed E-state index contributed by atoms with van der Waals surface area (Å²) in [5.74, 6) is 1.89. The zero-order chi connectivity index (χ0) is 18.0. The Morgan fingerprint density at radius 2 is 1.00 bits per heavy atom. The van der Waals surface area contributed by atoms with Crippen LogP contribution in [0.2, 0.25) is 0 Å². The predicted octanol–water partition coefficient (Wildman–Crippen LogP) is 5.91. The highest BCUT2D eigenvalue weighted by Crippen LogP contribution is 2.49. The fourth-order valence-corrected chi connectivity index (χ4v) is 5.56. The number of hydrogen-bond donors (Lipinski definition) is 2. The molecule has 2 fully saturated rings. The normalized spacial score (nSPS) is 21.5. The summed E-state index contributed by atoms with van der Waals surface area (Å²) in [5, 5.41) is 0. The van der Waals surface area contributed by atoms with Gasteiger partial charge in [-0.1, -0.05) is 56.4 Å². The van der Waals surface area contributed by atoms with Gasteiger partial charge in [-0.05, 0) is 72.9 Å². The van der Waals surface area contributed by atoms with E-state index < -0.39 is 0 Å². The van der Waals surface area contributed by atoms with E-state index in [0.717, 1.165) is 23.2 Å². The minimum absolute atomic E-state index is 0.118. The SMILES string of the molecule is Nc1ccc(C2(c3ccc(N)cc3)CCC(C3CCCCC3)CC2)cc1. The van der Waals surface area contributed by atoms with Crippen LogP contribution in [-0.2, 0) is 5.41 Å². The average Bonchev–Trinajstić information content (AvgIpc) is 2.70. The van der Waals surface area contributed by atoms with Crippen molar-refractivity contribution in [3.63, 3.8) is 0 Å². The summed E-state index contributed by atoms with van der Waals surface area (Å²) in [6, 6.07) is 17.2. The van der Waals surface area contributed by atoms with Gasteiger partial charge in [0.1, 0.15) is 0 Å². The van der Waals surface area contributed by atoms with Crippen molar-refractivity contribution < 1.29 is 0 Å². The fourth-order valence-electron chi connectivity index (χ4n) is 5.56. The van der Waals surface area contributed by atoms with Crippen LogP contribution in [0, 0.1) is 11.8 Å². The molecule has 2 saturated carbocycles. The van der Waals surface area contributed by atoms with Crippen LogP contribution >= 0.6 is 0 Å². The molecule has 4 rings (SSSR count). The summed E-state index contributed by atoms with van der Waals surface area (Å²) in [7, 11) is 0. The van der Waals surface area contributed by atoms with Gasteiger partial charge in [0.05, 0.1) is 0 Å². The molecule has 0 saturated heterocycles. The highest BCUT2D eigenvalue weighted by Gasteiger charge is 2.40. The maximum Gasteiger partial charge on any atom is 0.0314 e. The molecular formula is C24H32N2. The van der Waals surface area contributed by atoms with E-state index in [4.69, 9.17) is 11.5 Å². The first kappa shape index (κ1) is 17.5. The smallest absolute Gasteiger partial charge is 0.0314 e. The van der Waals surface area contributed by atoms with E-state index >= 15 is 0 Å². The third-order valence-electron chi connectivity index (χ3n) is 7.13. The molecule has 0 heterocycles. The monoisotopic (exact) mass is 348 g/mol. The summed E-state index contributed by atoms with van der Waals surface area (Å²) in [6.45, 7) is 0. The third-order valence-corrected chi connectivity index (χ3v) is 7.13. The number of rotatable bonds is 3. The molecule has 0 unspecified atom stereocenters. The molecule has 138 valence electrons. The highest BCUT2D eigenvalue weighted by atomic mass is 14.5. The van der Waals surface area contributed by atoms with Crippen molar-refractivity contribution in [3.8, 4) is 0 Å². The lowest BCUT2D eigenvalue weighted by molar-refractivity contribution is 0.163. The first-order valence-electron chi connectivity index (χ1n) is 10.4. The molecule has 0 atom stereocenters. The minimum Gasteiger partial charge on any atom is -0.399 e. The molecule has 0 aliphatic heterocycles. The van der Waals surface area contributed by atoms with Crippen molar-refractivity contribution in [1.29, 1.82) is 0 Å². The van der Waals surface area contributed by atoms with Crippen LogP contribution in [0.4, 0.5) is 11.4 Å². The largest absolute Gasteiger partial charge is 0.399 e. The van der Waals surface area contributed by atoms with Gasteiger partial charge in [0.25, 0.3) is 0 Å². The minimum atomic E-state index is 0.118. The Bertz CT molecular complexity index is 655. The van der Waals surface area contributed by atoms with Crippen LogP contribution in [0.15, 0.2) is 48.5 Å². The Labute approximate surface area is 158 Å². The van der Waals surface area contributed by atoms with Gasteiger partial charge in [0.2, 0.25) is 0 Å². The summed E-state index contributed by atoms with van der Waals surface area (Å²) in [4.78, 5) is 0. The van der Waals surface area contributed by atoms with Gasteiger partial charge >= 0.3 is 0 Å². The van der Waals surface area contributed by atoms with Crippen LogP contribution < -0.4 is 11.5 Å². The molecule has 0 radical (unpaired) electrons. The second-order valence-electron chi connectivity index (χ2n) is 8.56. The Hall–Kier alpha value is -1.96. The second-order valence-corrected chi connectivity index (χ2v) is 8.56. The van der Waals surface area contributed by atoms with E-state index in [9.17, 15) is 0 Å². The van der Waals surface area contributed by atoms with Gasteiger partial charge in [-0.25, -0.2) is 0 Å². The van der Waals surface area contributed by atoms with Gasteiger partial charge in [-0.3, -0.25) is 0 Å². The van der Waals surface area contributed by atoms with Crippen LogP contribution in [0.1, 0.15) is 68.9 Å². The standard InChI is InChI=1S/C24H32N2/c25-22-10-6-20(7-11-22)24(21-8-12-23(26)13-9-21)16-14-19(15-17-24)18-4-2-1-3-5-18/h6-13,18-19H,1-5,14-17,25-26H2. The maximum absolute atomic E-state index is 5.96. The van der Waals surface area contributed by atoms with Crippen molar-refractivity contribution >= 4 is 11.4 Å². The molecule has 2 nitrogen and oxygen atoms in total. The van der Waals surface area contributed by atoms with E-state index in [1.54, 1.807) is 0 Å². The van der Waals surface area contributed by atoms with Crippen LogP contribution in [0.3, 0.4) is 0 Å². The lowest BCUT2D eigenvalue weighted by Gasteiger charge is -2.44. The van der Waals surface area contributed by atoms with Crippen LogP contribution in [-0.4, -0.2) is 0 Å². The summed E-state index contributed by atoms with van der Waals surface area (Å²) in [5.41, 5.74) is 16.6. The number of nitrogens with two attached hydrogens (primary N) is 2. The maximum atomic E-state index is 5.96. The van der Waals surface area contributed by atoms with Crippen molar-refractivity contribution in [1.82, 2.24) is 0 Å². The molecule has 2 aromatic rings. The predicted molar refractivity (Wildman–Crippen MR) is 111 cm³/mol. The number of benzene rings is 2. The van der Waals surface area contributed by atoms with Gasteiger partial charge in [-0.15, -0.1) is 0 Å². The number of anilines is 2. The van der Waals surface area contributed by atoms with E-state index in [1.807, 2.05) is 0 Å². The van der Waals surface area contributed by atoms with E-state index in [2.05, 4.69) is 48.5 Å². The van der Waals surface area contributed by atoms with Gasteiger partial charge in [0.15, 0.2) is 0 Å². The molecule has 26 heavy (non-hydrogen) atoms. The van der Waals surface area contributed by atoms with Crippen LogP contribution in [0.25, 0.3) is 0 Å². The van der Waals surface area contributed by atoms with E-state index in [-0.39, 0.29) is 5.41 Å². The Balaban J connectivity index is 1.62. The molecule has 0 bridgehead atoms. The average molecular weight is 349 g/mol. The zero-order valence-corrected chi connectivity index (χ0v) is 15.8. The molecule has 2 aliphatic carbocycles. The lowest BCUT2D eigenvalue weighted by atomic mass is 9.60. The molecular weight excluding hydrogens is 316 g/mol. The first-order chi connectivity index (χ1) is 12.7. The summed E-state index contributed by atoms with van der Waals surface area (Å²) in [6.07, 6.45) is 12.4. The van der Waals surface area contributed by atoms with Gasteiger partial charge < -0.3 is 11.5 Å². The molecule has 0 aromatic heterocycles. The van der Waals surface area contributed by atoms with E-state index in [1.165, 1.54) is 68.9 Å². The Morgan fingerprint density at radius 1 is 0.577 bits per heavy atom. The number of nitrogen functional groups attached to an aromatic ring is 2. The van der Waals surface area contributed by atoms with Crippen molar-refractivity contribution in [3.05, 3.63) is 59.7 Å². The lowest BCUT2D eigenvalue weighted by Crippen LogP contribution is -2.35. The van der Waals surface area contributed by atoms with Crippen molar-refractivity contribution in [2.24, 2.45) is 11.8 Å². The second kappa shape index (κ2) is 7.34. The zero-order valence-electron chi connectivity index (χ0n) is 15.8. The number of hydrogen-bond acceptors (Lipinski definition) is 2. The van der Waals surface area contributed by atoms with Crippen LogP contribution in [0.5, 0.6) is 0 Å². The first-order valence-corrected chi connectivity index (χ1v) is 10.4. The van der Waals surface area contributed by atoms with Crippen molar-refractivity contribution in [2.45, 2.75) is 63.2 Å². The molecule has 2 aliphatic rings. The fraction of sp³-hybridized carbons (Fsp3) is 0.500. The molecule has 0 amide bonds. The Morgan fingerprint density at radius 3 is 1.46 bits per heavy atom. The molecule has 0 spiro atoms. The van der Waals surface area contributed by atoms with E-state index in [0.29, 0.717) is 0 Å². The van der Waals surface area contributed by atoms with Gasteiger partial charge in [-0.2, -0.15) is 0 Å². The summed E-state index contributed by atoms with van der Waals surface area (Å²) < 4.78 is 0. The quantitative estimate of drug-likeness (QED) is 0.678. The van der Waals surface area contributed by atoms with Crippen molar-refractivity contribution in [2.75, 3.05) is 11.5 Å². The summed E-state index contributed by atoms with van der Waals surface area (Å²) >= 11 is 0. The highest BCUT2D eigenvalue weighted by molar-refractivity contribution is 5.49. The third kappa shape index (κ3) is 3.34. The molecule has 4 N–H and O–H groups in total. The topological polar surface area (TPSA) is 52.0 Å².